The van der Waals surface area contributed by atoms with Gasteiger partial charge in [-0.25, -0.2) is 0 Å². The van der Waals surface area contributed by atoms with Crippen LogP contribution >= 0.6 is 0 Å². The van der Waals surface area contributed by atoms with Crippen LogP contribution in [0.3, 0.4) is 0 Å². The lowest BCUT2D eigenvalue weighted by atomic mass is 9.82. The quantitative estimate of drug-likeness (QED) is 0.821. The highest BCUT2D eigenvalue weighted by Gasteiger charge is 2.56. The smallest absolute Gasteiger partial charge is 0.290 e. The van der Waals surface area contributed by atoms with Gasteiger partial charge in [0, 0.05) is 37.3 Å². The molecule has 1 N–H and O–H groups in total. The molecular weight excluding hydrogens is 256 g/mol. The van der Waals surface area contributed by atoms with Gasteiger partial charge in [-0.2, -0.15) is 0 Å². The number of rotatable bonds is 1. The number of fused-ring (bicyclic) bond motifs is 5. The van der Waals surface area contributed by atoms with Gasteiger partial charge < -0.3 is 14.6 Å². The molecule has 5 heteroatoms. The molecule has 3 saturated heterocycles. The number of hydrogen-bond acceptors (Lipinski definition) is 4. The summed E-state index contributed by atoms with van der Waals surface area (Å²) in [6, 6.07) is 3.37. The predicted octanol–water partition coefficient (Wildman–Crippen LogP) is 0.771. The Morgan fingerprint density at radius 2 is 1.90 bits per heavy atom. The van der Waals surface area contributed by atoms with Crippen molar-refractivity contribution in [2.45, 2.75) is 31.8 Å². The van der Waals surface area contributed by atoms with Crippen molar-refractivity contribution in [3.8, 4) is 0 Å². The lowest BCUT2D eigenvalue weighted by molar-refractivity contribution is 0.0672. The predicted molar refractivity (Wildman–Crippen MR) is 72.5 cm³/mol. The number of amides is 1. The van der Waals surface area contributed by atoms with Crippen LogP contribution in [0.15, 0.2) is 21.3 Å². The fourth-order valence-corrected chi connectivity index (χ4v) is 4.41. The Morgan fingerprint density at radius 3 is 2.50 bits per heavy atom. The minimum atomic E-state index is -0.162. The third kappa shape index (κ3) is 1.59. The lowest BCUT2D eigenvalue weighted by Crippen LogP contribution is -2.39. The molecule has 3 aliphatic rings. The van der Waals surface area contributed by atoms with Crippen LogP contribution in [0.5, 0.6) is 0 Å². The van der Waals surface area contributed by atoms with Crippen molar-refractivity contribution in [3.05, 3.63) is 33.9 Å². The molecule has 5 nitrogen and oxygen atoms in total. The average Bonchev–Trinajstić information content (AvgIpc) is 3.08. The largest absolute Gasteiger partial charge is 0.456 e. The first-order valence-corrected chi connectivity index (χ1v) is 7.30. The molecule has 1 aromatic rings. The van der Waals surface area contributed by atoms with E-state index >= 15 is 0 Å². The molecule has 0 aromatic carbocycles. The molecule has 20 heavy (non-hydrogen) atoms. The van der Waals surface area contributed by atoms with Crippen LogP contribution in [-0.4, -0.2) is 36.0 Å². The Bertz CT molecular complexity index is 606. The molecule has 3 fully saturated rings. The summed E-state index contributed by atoms with van der Waals surface area (Å²) < 4.78 is 5.47. The second-order valence-electron chi connectivity index (χ2n) is 6.18. The number of nitrogens with zero attached hydrogens (tertiary/aromatic N) is 1. The Kier molecular flexibility index (Phi) is 2.54. The topological polar surface area (TPSA) is 62.6 Å². The van der Waals surface area contributed by atoms with Crippen molar-refractivity contribution in [1.29, 1.82) is 0 Å². The van der Waals surface area contributed by atoms with Gasteiger partial charge in [-0.1, -0.05) is 0 Å². The van der Waals surface area contributed by atoms with Crippen LogP contribution < -0.4 is 10.7 Å². The number of nitrogens with one attached hydrogen (secondary N) is 1. The fraction of sp³-hybridized carbons (Fsp3) is 0.600. The molecule has 0 spiro atoms. The third-order valence-corrected chi connectivity index (χ3v) is 5.11. The van der Waals surface area contributed by atoms with Crippen LogP contribution in [0.4, 0.5) is 0 Å². The first kappa shape index (κ1) is 12.1. The third-order valence-electron chi connectivity index (χ3n) is 5.11. The van der Waals surface area contributed by atoms with Gasteiger partial charge in [0.05, 0.1) is 0 Å². The van der Waals surface area contributed by atoms with E-state index in [1.807, 2.05) is 4.90 Å². The Hall–Kier alpha value is -1.62. The second-order valence-corrected chi connectivity index (χ2v) is 6.18. The highest BCUT2D eigenvalue weighted by molar-refractivity contribution is 5.92. The highest BCUT2D eigenvalue weighted by atomic mass is 16.3. The molecule has 4 rings (SSSR count). The SMILES string of the molecule is Cc1cc(=O)cc(C(=O)N2[C@@H]3CC[C@H]2[C@H]2CNC[C@H]23)o1. The maximum Gasteiger partial charge on any atom is 0.290 e. The second kappa shape index (κ2) is 4.19. The zero-order valence-electron chi connectivity index (χ0n) is 11.5. The summed E-state index contributed by atoms with van der Waals surface area (Å²) in [4.78, 5) is 26.3. The van der Waals surface area contributed by atoms with E-state index < -0.39 is 0 Å². The van der Waals surface area contributed by atoms with Crippen LogP contribution in [0.25, 0.3) is 0 Å². The number of carbonyl (C=O) groups is 1. The normalized spacial score (nSPS) is 34.5. The van der Waals surface area contributed by atoms with E-state index in [1.54, 1.807) is 6.92 Å². The fourth-order valence-electron chi connectivity index (χ4n) is 4.41. The molecule has 0 unspecified atom stereocenters. The number of hydrogen-bond donors (Lipinski definition) is 1. The standard InChI is InChI=1S/C15H18N2O3/c1-8-4-9(18)5-14(20-8)15(19)17-12-2-3-13(17)11-7-16-6-10(11)12/h4-5,10-13,16H,2-3,6-7H2,1H3/t10-,11+,12-,13+. The molecule has 4 atom stereocenters. The summed E-state index contributed by atoms with van der Waals surface area (Å²) >= 11 is 0. The summed E-state index contributed by atoms with van der Waals surface area (Å²) in [5.74, 6) is 1.74. The summed E-state index contributed by atoms with van der Waals surface area (Å²) in [6.07, 6.45) is 2.16. The molecule has 3 aliphatic heterocycles. The van der Waals surface area contributed by atoms with E-state index in [1.165, 1.54) is 12.1 Å². The number of aryl methyl sites for hydroxylation is 1. The van der Waals surface area contributed by atoms with E-state index in [9.17, 15) is 9.59 Å². The molecule has 4 heterocycles. The van der Waals surface area contributed by atoms with Crippen molar-refractivity contribution < 1.29 is 9.21 Å². The Balaban J connectivity index is 1.68. The van der Waals surface area contributed by atoms with Gasteiger partial charge in [-0.3, -0.25) is 9.59 Å². The highest BCUT2D eigenvalue weighted by Crippen LogP contribution is 2.47. The summed E-state index contributed by atoms with van der Waals surface area (Å²) in [5, 5.41) is 3.43. The van der Waals surface area contributed by atoms with E-state index in [0.717, 1.165) is 25.9 Å². The average molecular weight is 274 g/mol. The zero-order chi connectivity index (χ0) is 13.9. The first-order valence-electron chi connectivity index (χ1n) is 7.30. The van der Waals surface area contributed by atoms with Crippen LogP contribution in [0.1, 0.15) is 29.2 Å². The van der Waals surface area contributed by atoms with Crippen LogP contribution in [-0.2, 0) is 0 Å². The van der Waals surface area contributed by atoms with Crippen molar-refractivity contribution >= 4 is 5.91 Å². The van der Waals surface area contributed by atoms with Gasteiger partial charge in [-0.15, -0.1) is 0 Å². The van der Waals surface area contributed by atoms with E-state index in [4.69, 9.17) is 4.42 Å². The monoisotopic (exact) mass is 274 g/mol. The van der Waals surface area contributed by atoms with Gasteiger partial charge in [0.2, 0.25) is 0 Å². The molecule has 0 saturated carbocycles. The van der Waals surface area contributed by atoms with Gasteiger partial charge in [0.25, 0.3) is 5.91 Å². The summed E-state index contributed by atoms with van der Waals surface area (Å²) in [5.41, 5.74) is -0.162. The molecule has 106 valence electrons. The van der Waals surface area contributed by atoms with Crippen molar-refractivity contribution in [2.24, 2.45) is 11.8 Å². The Morgan fingerprint density at radius 1 is 1.25 bits per heavy atom. The summed E-state index contributed by atoms with van der Waals surface area (Å²) in [7, 11) is 0. The lowest BCUT2D eigenvalue weighted by Gasteiger charge is -2.24. The van der Waals surface area contributed by atoms with Crippen molar-refractivity contribution in [3.63, 3.8) is 0 Å². The van der Waals surface area contributed by atoms with Gasteiger partial charge in [0.15, 0.2) is 11.2 Å². The van der Waals surface area contributed by atoms with Crippen LogP contribution in [0, 0.1) is 18.8 Å². The number of carbonyl (C=O) groups excluding carboxylic acids is 1. The van der Waals surface area contributed by atoms with E-state index in [0.29, 0.717) is 29.7 Å². The van der Waals surface area contributed by atoms with Crippen molar-refractivity contribution in [1.82, 2.24) is 10.2 Å². The maximum atomic E-state index is 12.7. The zero-order valence-corrected chi connectivity index (χ0v) is 11.5. The first-order chi connectivity index (χ1) is 9.65. The van der Waals surface area contributed by atoms with Gasteiger partial charge in [0.1, 0.15) is 5.76 Å². The molecule has 2 bridgehead atoms. The van der Waals surface area contributed by atoms with E-state index in [2.05, 4.69) is 5.32 Å². The molecule has 1 aromatic heterocycles. The van der Waals surface area contributed by atoms with Crippen LogP contribution in [0.2, 0.25) is 0 Å². The summed E-state index contributed by atoms with van der Waals surface area (Å²) in [6.45, 7) is 3.72. The van der Waals surface area contributed by atoms with Gasteiger partial charge in [-0.05, 0) is 31.6 Å². The minimum Gasteiger partial charge on any atom is -0.456 e. The van der Waals surface area contributed by atoms with Crippen molar-refractivity contribution in [2.75, 3.05) is 13.1 Å². The minimum absolute atomic E-state index is 0.104. The molecule has 0 radical (unpaired) electrons. The Labute approximate surface area is 117 Å². The van der Waals surface area contributed by atoms with Gasteiger partial charge >= 0.3 is 0 Å². The maximum absolute atomic E-state index is 12.7. The molecule has 1 amide bonds. The van der Waals surface area contributed by atoms with E-state index in [-0.39, 0.29) is 17.1 Å². The molecule has 0 aliphatic carbocycles. The molecular formula is C15H18N2O3.